The third-order valence-electron chi connectivity index (χ3n) is 3.28. The summed E-state index contributed by atoms with van der Waals surface area (Å²) in [5.41, 5.74) is 0.934. The molecule has 1 unspecified atom stereocenters. The molecule has 0 spiro atoms. The summed E-state index contributed by atoms with van der Waals surface area (Å²) in [5.74, 6) is -0.254. The van der Waals surface area contributed by atoms with E-state index in [1.54, 1.807) is 0 Å². The number of rotatable bonds is 3. The molecule has 1 aromatic rings. The van der Waals surface area contributed by atoms with Crippen molar-refractivity contribution in [1.29, 1.82) is 0 Å². The average Bonchev–Trinajstić information content (AvgIpc) is 2.37. The topological polar surface area (TPSA) is 63.2 Å². The molecule has 2 rings (SSSR count). The van der Waals surface area contributed by atoms with Crippen molar-refractivity contribution < 1.29 is 13.2 Å². The van der Waals surface area contributed by atoms with E-state index >= 15 is 0 Å². The summed E-state index contributed by atoms with van der Waals surface area (Å²) in [6.07, 6.45) is 1.90. The Balaban J connectivity index is 2.00. The predicted molar refractivity (Wildman–Crippen MR) is 77.4 cm³/mol. The second-order valence-corrected chi connectivity index (χ2v) is 7.82. The Bertz CT molecular complexity index is 571. The first-order valence-electron chi connectivity index (χ1n) is 6.23. The zero-order valence-corrected chi connectivity index (χ0v) is 12.8. The molecule has 0 saturated carbocycles. The van der Waals surface area contributed by atoms with Gasteiger partial charge in [0.25, 0.3) is 0 Å². The van der Waals surface area contributed by atoms with Crippen molar-refractivity contribution in [3.63, 3.8) is 0 Å². The molecule has 1 atom stereocenters. The SMILES string of the molecule is O=C(NCc1ccccc1Br)C1CCCCS1(=O)=O. The van der Waals surface area contributed by atoms with Crippen molar-refractivity contribution in [2.45, 2.75) is 31.1 Å². The Morgan fingerprint density at radius 1 is 1.32 bits per heavy atom. The highest BCUT2D eigenvalue weighted by atomic mass is 79.9. The molecule has 1 N–H and O–H groups in total. The van der Waals surface area contributed by atoms with E-state index in [4.69, 9.17) is 0 Å². The zero-order chi connectivity index (χ0) is 13.9. The molecule has 1 heterocycles. The minimum Gasteiger partial charge on any atom is -0.351 e. The van der Waals surface area contributed by atoms with Crippen molar-refractivity contribution in [2.75, 3.05) is 5.75 Å². The van der Waals surface area contributed by atoms with Crippen molar-refractivity contribution in [2.24, 2.45) is 0 Å². The lowest BCUT2D eigenvalue weighted by molar-refractivity contribution is -0.121. The molecule has 0 aromatic heterocycles. The number of nitrogens with one attached hydrogen (secondary N) is 1. The number of hydrogen-bond donors (Lipinski definition) is 1. The number of hydrogen-bond acceptors (Lipinski definition) is 3. The molecule has 0 bridgehead atoms. The molecule has 1 saturated heterocycles. The minimum absolute atomic E-state index is 0.125. The van der Waals surface area contributed by atoms with Crippen LogP contribution in [0.25, 0.3) is 0 Å². The van der Waals surface area contributed by atoms with E-state index in [1.807, 2.05) is 24.3 Å². The second kappa shape index (κ2) is 6.05. The number of carbonyl (C=O) groups excluding carboxylic acids is 1. The molecular weight excluding hydrogens is 330 g/mol. The van der Waals surface area contributed by atoms with Crippen LogP contribution in [0.1, 0.15) is 24.8 Å². The quantitative estimate of drug-likeness (QED) is 0.911. The first kappa shape index (κ1) is 14.5. The lowest BCUT2D eigenvalue weighted by Crippen LogP contribution is -2.42. The summed E-state index contributed by atoms with van der Waals surface area (Å²) < 4.78 is 24.6. The Morgan fingerprint density at radius 2 is 2.05 bits per heavy atom. The van der Waals surface area contributed by atoms with Crippen LogP contribution in [0.2, 0.25) is 0 Å². The van der Waals surface area contributed by atoms with Crippen LogP contribution >= 0.6 is 15.9 Å². The highest BCUT2D eigenvalue weighted by Crippen LogP contribution is 2.20. The number of amides is 1. The van der Waals surface area contributed by atoms with Crippen LogP contribution < -0.4 is 5.32 Å². The highest BCUT2D eigenvalue weighted by Gasteiger charge is 2.34. The summed E-state index contributed by atoms with van der Waals surface area (Å²) in [6.45, 7) is 0.340. The lowest BCUT2D eigenvalue weighted by Gasteiger charge is -2.21. The molecule has 1 amide bonds. The van der Waals surface area contributed by atoms with Gasteiger partial charge >= 0.3 is 0 Å². The summed E-state index contributed by atoms with van der Waals surface area (Å²) in [4.78, 5) is 12.0. The largest absolute Gasteiger partial charge is 0.351 e. The van der Waals surface area contributed by atoms with E-state index in [1.165, 1.54) is 0 Å². The Labute approximate surface area is 121 Å². The monoisotopic (exact) mass is 345 g/mol. The van der Waals surface area contributed by atoms with Gasteiger partial charge in [-0.2, -0.15) is 0 Å². The molecule has 1 aliphatic heterocycles. The third-order valence-corrected chi connectivity index (χ3v) is 6.23. The molecule has 1 aromatic carbocycles. The third kappa shape index (κ3) is 3.57. The van der Waals surface area contributed by atoms with Gasteiger partial charge in [-0.05, 0) is 24.5 Å². The van der Waals surface area contributed by atoms with Gasteiger partial charge in [0.1, 0.15) is 5.25 Å². The molecule has 104 valence electrons. The van der Waals surface area contributed by atoms with E-state index in [-0.39, 0.29) is 11.7 Å². The standard InChI is InChI=1S/C13H16BrNO3S/c14-11-6-2-1-5-10(11)9-15-13(16)12-7-3-4-8-19(12,17)18/h1-2,5-6,12H,3-4,7-9H2,(H,15,16). The zero-order valence-electron chi connectivity index (χ0n) is 10.4. The normalized spacial score (nSPS) is 21.8. The van der Waals surface area contributed by atoms with E-state index in [0.717, 1.165) is 16.5 Å². The van der Waals surface area contributed by atoms with Crippen LogP contribution in [0.15, 0.2) is 28.7 Å². The van der Waals surface area contributed by atoms with E-state index in [0.29, 0.717) is 19.4 Å². The van der Waals surface area contributed by atoms with Crippen molar-refractivity contribution >= 4 is 31.7 Å². The number of carbonyl (C=O) groups is 1. The Hall–Kier alpha value is -0.880. The summed E-state index contributed by atoms with van der Waals surface area (Å²) in [5, 5.41) is 1.85. The van der Waals surface area contributed by atoms with Crippen LogP contribution in [-0.4, -0.2) is 25.3 Å². The molecule has 1 aliphatic rings. The smallest absolute Gasteiger partial charge is 0.238 e. The number of sulfone groups is 1. The maximum atomic E-state index is 12.0. The van der Waals surface area contributed by atoms with Crippen LogP contribution in [0.5, 0.6) is 0 Å². The van der Waals surface area contributed by atoms with Crippen LogP contribution in [-0.2, 0) is 21.2 Å². The van der Waals surface area contributed by atoms with Crippen LogP contribution in [0.3, 0.4) is 0 Å². The van der Waals surface area contributed by atoms with Crippen LogP contribution in [0.4, 0.5) is 0 Å². The molecule has 19 heavy (non-hydrogen) atoms. The van der Waals surface area contributed by atoms with Gasteiger partial charge < -0.3 is 5.32 Å². The molecule has 0 aliphatic carbocycles. The highest BCUT2D eigenvalue weighted by molar-refractivity contribution is 9.10. The van der Waals surface area contributed by atoms with Gasteiger partial charge in [0, 0.05) is 11.0 Å². The maximum absolute atomic E-state index is 12.0. The van der Waals surface area contributed by atoms with Gasteiger partial charge in [0.15, 0.2) is 9.84 Å². The second-order valence-electron chi connectivity index (χ2n) is 4.66. The summed E-state index contributed by atoms with van der Waals surface area (Å²) in [7, 11) is -3.26. The van der Waals surface area contributed by atoms with Gasteiger partial charge in [0.2, 0.25) is 5.91 Å². The Kier molecular flexibility index (Phi) is 4.62. The maximum Gasteiger partial charge on any atom is 0.238 e. The molecular formula is C13H16BrNO3S. The Morgan fingerprint density at radius 3 is 2.74 bits per heavy atom. The van der Waals surface area contributed by atoms with Gasteiger partial charge in [0.05, 0.1) is 5.75 Å². The fraction of sp³-hybridized carbons (Fsp3) is 0.462. The van der Waals surface area contributed by atoms with E-state index in [2.05, 4.69) is 21.2 Å². The molecule has 0 radical (unpaired) electrons. The van der Waals surface area contributed by atoms with Crippen molar-refractivity contribution in [3.05, 3.63) is 34.3 Å². The minimum atomic E-state index is -3.26. The van der Waals surface area contributed by atoms with Crippen molar-refractivity contribution in [1.82, 2.24) is 5.32 Å². The molecule has 1 fully saturated rings. The molecule has 6 heteroatoms. The molecule has 4 nitrogen and oxygen atoms in total. The van der Waals surface area contributed by atoms with E-state index in [9.17, 15) is 13.2 Å². The van der Waals surface area contributed by atoms with Crippen molar-refractivity contribution in [3.8, 4) is 0 Å². The lowest BCUT2D eigenvalue weighted by atomic mass is 10.1. The van der Waals surface area contributed by atoms with Crippen LogP contribution in [0, 0.1) is 0 Å². The van der Waals surface area contributed by atoms with Gasteiger partial charge in [-0.3, -0.25) is 4.79 Å². The van der Waals surface area contributed by atoms with Gasteiger partial charge in [-0.15, -0.1) is 0 Å². The number of halogens is 1. The predicted octanol–water partition coefficient (Wildman–Crippen LogP) is 2.03. The van der Waals surface area contributed by atoms with Gasteiger partial charge in [-0.1, -0.05) is 40.5 Å². The van der Waals surface area contributed by atoms with Gasteiger partial charge in [-0.25, -0.2) is 8.42 Å². The fourth-order valence-corrected chi connectivity index (χ4v) is 4.44. The van der Waals surface area contributed by atoms with E-state index < -0.39 is 15.1 Å². The first-order valence-corrected chi connectivity index (χ1v) is 8.74. The summed E-state index contributed by atoms with van der Waals surface area (Å²) >= 11 is 3.40. The average molecular weight is 346 g/mol. The fourth-order valence-electron chi connectivity index (χ4n) is 2.19. The number of benzene rings is 1. The first-order chi connectivity index (χ1) is 9.00. The summed E-state index contributed by atoms with van der Waals surface area (Å²) in [6, 6.07) is 7.54.